The van der Waals surface area contributed by atoms with Gasteiger partial charge in [0.1, 0.15) is 16.7 Å². The summed E-state index contributed by atoms with van der Waals surface area (Å²) in [5, 5.41) is 1.62. The van der Waals surface area contributed by atoms with E-state index in [-0.39, 0.29) is 23.6 Å². The van der Waals surface area contributed by atoms with E-state index in [0.717, 1.165) is 32.1 Å². The molecule has 3 aliphatic heterocycles. The summed E-state index contributed by atoms with van der Waals surface area (Å²) in [6, 6.07) is 1.98. The Morgan fingerprint density at radius 3 is 2.71 bits per heavy atom. The molecule has 0 aliphatic carbocycles. The number of thiophene rings is 1. The Morgan fingerprint density at radius 2 is 1.96 bits per heavy atom. The molecule has 0 spiro atoms. The summed E-state index contributed by atoms with van der Waals surface area (Å²) in [6.07, 6.45) is 3.25. The monoisotopic (exact) mass is 484 g/mol. The first-order valence-electron chi connectivity index (χ1n) is 8.82. The highest BCUT2D eigenvalue weighted by Gasteiger charge is 2.44. The fourth-order valence-corrected chi connectivity index (χ4v) is 6.85. The largest absolute Gasteiger partial charge is 0.458 e. The minimum absolute atomic E-state index is 0.174. The molecule has 1 unspecified atom stereocenters. The summed E-state index contributed by atoms with van der Waals surface area (Å²) in [7, 11) is -3.60. The highest BCUT2D eigenvalue weighted by Crippen LogP contribution is 2.44. The summed E-state index contributed by atoms with van der Waals surface area (Å²) in [5.41, 5.74) is 0.438. The van der Waals surface area contributed by atoms with E-state index in [1.54, 1.807) is 23.8 Å². The molecule has 12 heteroatoms. The highest BCUT2D eigenvalue weighted by atomic mass is 79.9. The van der Waals surface area contributed by atoms with Gasteiger partial charge in [0.15, 0.2) is 0 Å². The van der Waals surface area contributed by atoms with Gasteiger partial charge >= 0.3 is 6.02 Å². The average Bonchev–Trinajstić information content (AvgIpc) is 3.28. The molecule has 0 saturated carbocycles. The fraction of sp³-hybridized carbons (Fsp3) is 0.438. The predicted octanol–water partition coefficient (Wildman–Crippen LogP) is 1.51. The second kappa shape index (κ2) is 6.94. The third-order valence-corrected chi connectivity index (χ3v) is 8.58. The molecular weight excluding hydrogens is 468 g/mol. The molecule has 0 amide bonds. The number of amidine groups is 1. The molecule has 2 fully saturated rings. The van der Waals surface area contributed by atoms with E-state index < -0.39 is 10.0 Å². The first kappa shape index (κ1) is 18.3. The van der Waals surface area contributed by atoms with Gasteiger partial charge in [-0.15, -0.1) is 11.3 Å². The number of anilines is 1. The van der Waals surface area contributed by atoms with Gasteiger partial charge in [-0.3, -0.25) is 4.90 Å². The Kier molecular flexibility index (Phi) is 4.53. The van der Waals surface area contributed by atoms with Crippen LogP contribution in [-0.4, -0.2) is 79.0 Å². The van der Waals surface area contributed by atoms with Crippen LogP contribution in [0.4, 0.5) is 11.6 Å². The molecule has 0 N–H and O–H groups in total. The van der Waals surface area contributed by atoms with E-state index in [2.05, 4.69) is 40.7 Å². The zero-order valence-corrected chi connectivity index (χ0v) is 18.0. The number of aliphatic imine (C=N–C) groups is 1. The third-order valence-electron chi connectivity index (χ3n) is 4.99. The lowest BCUT2D eigenvalue weighted by Gasteiger charge is -2.35. The maximum atomic E-state index is 12.9. The number of hydrogen-bond acceptors (Lipinski definition) is 9. The van der Waals surface area contributed by atoms with Gasteiger partial charge in [0.2, 0.25) is 5.95 Å². The molecule has 2 aromatic heterocycles. The number of rotatable bonds is 3. The molecule has 5 heterocycles. The van der Waals surface area contributed by atoms with Crippen LogP contribution < -0.4 is 4.90 Å². The quantitative estimate of drug-likeness (QED) is 0.651. The van der Waals surface area contributed by atoms with Crippen molar-refractivity contribution in [3.8, 4) is 0 Å². The summed E-state index contributed by atoms with van der Waals surface area (Å²) in [4.78, 5) is 17.7. The summed E-state index contributed by atoms with van der Waals surface area (Å²) >= 11 is 4.68. The van der Waals surface area contributed by atoms with Gasteiger partial charge < -0.3 is 9.64 Å². The number of nitrogens with zero attached hydrogens (tertiary/aromatic N) is 6. The first-order valence-corrected chi connectivity index (χ1v) is 11.9. The summed E-state index contributed by atoms with van der Waals surface area (Å²) in [6.45, 7) is 4.28. The Bertz CT molecular complexity index is 1020. The van der Waals surface area contributed by atoms with E-state index in [1.165, 1.54) is 15.6 Å². The van der Waals surface area contributed by atoms with Gasteiger partial charge in [-0.2, -0.15) is 4.99 Å². The normalized spacial score (nSPS) is 23.8. The van der Waals surface area contributed by atoms with Crippen LogP contribution >= 0.6 is 27.3 Å². The minimum Gasteiger partial charge on any atom is -0.458 e. The molecule has 0 radical (unpaired) electrons. The molecular formula is C16H17BrN6O3S2. The number of aromatic nitrogens is 2. The SMILES string of the molecule is O=S1(=O)c2csc(Br)c2N=C2OC(CN3CCN(c4ncccn4)CC3)CN21. The van der Waals surface area contributed by atoms with Crippen LogP contribution in [0.2, 0.25) is 0 Å². The molecule has 1 atom stereocenters. The van der Waals surface area contributed by atoms with Crippen molar-refractivity contribution in [1.29, 1.82) is 0 Å². The third kappa shape index (κ3) is 3.08. The summed E-state index contributed by atoms with van der Waals surface area (Å²) < 4.78 is 33.6. The number of halogens is 1. The number of sulfonamides is 1. The van der Waals surface area contributed by atoms with Gasteiger partial charge in [-0.25, -0.2) is 22.7 Å². The van der Waals surface area contributed by atoms with Crippen LogP contribution in [0.25, 0.3) is 0 Å². The Labute approximate surface area is 174 Å². The zero-order chi connectivity index (χ0) is 19.3. The second-order valence-electron chi connectivity index (χ2n) is 6.73. The van der Waals surface area contributed by atoms with E-state index in [9.17, 15) is 8.42 Å². The van der Waals surface area contributed by atoms with E-state index in [1.807, 2.05) is 0 Å². The van der Waals surface area contributed by atoms with Crippen molar-refractivity contribution < 1.29 is 13.2 Å². The smallest absolute Gasteiger partial charge is 0.307 e. The van der Waals surface area contributed by atoms with Crippen LogP contribution in [0.1, 0.15) is 0 Å². The molecule has 3 aliphatic rings. The number of fused-ring (bicyclic) bond motifs is 2. The number of ether oxygens (including phenoxy) is 1. The van der Waals surface area contributed by atoms with Crippen molar-refractivity contribution in [3.63, 3.8) is 0 Å². The van der Waals surface area contributed by atoms with Gasteiger partial charge in [-0.05, 0) is 22.0 Å². The van der Waals surface area contributed by atoms with E-state index in [0.29, 0.717) is 16.0 Å². The Morgan fingerprint density at radius 1 is 1.21 bits per heavy atom. The molecule has 148 valence electrons. The molecule has 0 aromatic carbocycles. The average molecular weight is 485 g/mol. The molecule has 2 aromatic rings. The first-order chi connectivity index (χ1) is 13.5. The highest BCUT2D eigenvalue weighted by molar-refractivity contribution is 9.11. The molecule has 9 nitrogen and oxygen atoms in total. The number of piperazine rings is 1. The van der Waals surface area contributed by atoms with Crippen molar-refractivity contribution >= 4 is 54.9 Å². The van der Waals surface area contributed by atoms with Gasteiger partial charge in [-0.1, -0.05) is 0 Å². The fourth-order valence-electron chi connectivity index (χ4n) is 3.57. The maximum absolute atomic E-state index is 12.9. The van der Waals surface area contributed by atoms with E-state index in [4.69, 9.17) is 4.74 Å². The lowest BCUT2D eigenvalue weighted by molar-refractivity contribution is 0.143. The predicted molar refractivity (Wildman–Crippen MR) is 109 cm³/mol. The molecule has 2 saturated heterocycles. The van der Waals surface area contributed by atoms with Crippen LogP contribution in [0, 0.1) is 0 Å². The van der Waals surface area contributed by atoms with Gasteiger partial charge in [0.05, 0.1) is 10.3 Å². The van der Waals surface area contributed by atoms with E-state index >= 15 is 0 Å². The van der Waals surface area contributed by atoms with Crippen LogP contribution in [-0.2, 0) is 14.8 Å². The molecule has 28 heavy (non-hydrogen) atoms. The van der Waals surface area contributed by atoms with Gasteiger partial charge in [0, 0.05) is 50.5 Å². The maximum Gasteiger partial charge on any atom is 0.307 e. The van der Waals surface area contributed by atoms with Crippen molar-refractivity contribution in [2.45, 2.75) is 11.0 Å². The lowest BCUT2D eigenvalue weighted by Crippen LogP contribution is -2.49. The Balaban J connectivity index is 1.24. The minimum atomic E-state index is -3.60. The van der Waals surface area contributed by atoms with Crippen molar-refractivity contribution in [2.24, 2.45) is 4.99 Å². The van der Waals surface area contributed by atoms with Crippen molar-refractivity contribution in [2.75, 3.05) is 44.2 Å². The van der Waals surface area contributed by atoms with Crippen LogP contribution in [0.3, 0.4) is 0 Å². The lowest BCUT2D eigenvalue weighted by atomic mass is 10.2. The number of hydrogen-bond donors (Lipinski definition) is 0. The zero-order valence-electron chi connectivity index (χ0n) is 14.7. The topological polar surface area (TPSA) is 91.2 Å². The molecule has 0 bridgehead atoms. The van der Waals surface area contributed by atoms with Gasteiger partial charge in [0.25, 0.3) is 10.0 Å². The van der Waals surface area contributed by atoms with Crippen molar-refractivity contribution in [3.05, 3.63) is 27.6 Å². The van der Waals surface area contributed by atoms with Crippen molar-refractivity contribution in [1.82, 2.24) is 19.2 Å². The van der Waals surface area contributed by atoms with Crippen LogP contribution in [0.15, 0.2) is 37.5 Å². The van der Waals surface area contributed by atoms with Crippen LogP contribution in [0.5, 0.6) is 0 Å². The Hall–Kier alpha value is -1.76. The molecule has 5 rings (SSSR count). The second-order valence-corrected chi connectivity index (χ2v) is 10.8. The summed E-state index contributed by atoms with van der Waals surface area (Å²) in [5.74, 6) is 0.744. The standard InChI is InChI=1S/C16H17BrN6O3S2/c17-14-13-12(10-27-14)28(24,25)23-9-11(26-16(23)20-13)8-21-4-6-22(7-5-21)15-18-2-1-3-19-15/h1-3,10-11H,4-9H2.